The number of methoxy groups -OCH3 is 1. The van der Waals surface area contributed by atoms with Crippen LogP contribution in [0.15, 0.2) is 59.1 Å². The van der Waals surface area contributed by atoms with Gasteiger partial charge in [-0.05, 0) is 36.2 Å². The lowest BCUT2D eigenvalue weighted by molar-refractivity contribution is 0.104. The number of aromatic nitrogens is 1. The van der Waals surface area contributed by atoms with Crippen LogP contribution >= 0.6 is 0 Å². The Morgan fingerprint density at radius 3 is 2.39 bits per heavy atom. The van der Waals surface area contributed by atoms with E-state index >= 15 is 0 Å². The second kappa shape index (κ2) is 8.90. The Hall–Kier alpha value is -4.00. The maximum atomic E-state index is 13.7. The van der Waals surface area contributed by atoms with Gasteiger partial charge in [-0.15, -0.1) is 0 Å². The Morgan fingerprint density at radius 2 is 1.69 bits per heavy atom. The molecule has 36 heavy (non-hydrogen) atoms. The molecule has 0 saturated carbocycles. The zero-order valence-electron chi connectivity index (χ0n) is 20.9. The smallest absolute Gasteiger partial charge is 0.196 e. The average molecular weight is 483 g/mol. The van der Waals surface area contributed by atoms with Crippen molar-refractivity contribution in [3.63, 3.8) is 0 Å². The highest BCUT2D eigenvalue weighted by atomic mass is 16.5. The van der Waals surface area contributed by atoms with Crippen molar-refractivity contribution in [2.45, 2.75) is 13.8 Å². The molecule has 3 aromatic carbocycles. The van der Waals surface area contributed by atoms with Crippen molar-refractivity contribution in [3.05, 3.63) is 65.7 Å². The van der Waals surface area contributed by atoms with Crippen LogP contribution in [-0.4, -0.2) is 50.8 Å². The number of anilines is 3. The van der Waals surface area contributed by atoms with Crippen LogP contribution in [0.2, 0.25) is 0 Å². The molecular weight excluding hydrogens is 452 g/mol. The maximum absolute atomic E-state index is 13.7. The summed E-state index contributed by atoms with van der Waals surface area (Å²) in [6, 6.07) is 18.0. The monoisotopic (exact) mass is 482 g/mol. The van der Waals surface area contributed by atoms with Crippen LogP contribution in [0.4, 0.5) is 17.1 Å². The minimum atomic E-state index is 0.0217. The number of hydrogen-bond acceptors (Lipinski definition) is 7. The van der Waals surface area contributed by atoms with Crippen molar-refractivity contribution in [1.29, 1.82) is 0 Å². The summed E-state index contributed by atoms with van der Waals surface area (Å²) in [5.74, 6) is 2.01. The molecule has 7 nitrogen and oxygen atoms in total. The summed E-state index contributed by atoms with van der Waals surface area (Å²) >= 11 is 0. The minimum Gasteiger partial charge on any atom is -0.497 e. The summed E-state index contributed by atoms with van der Waals surface area (Å²) in [6.07, 6.45) is 0. The molecule has 2 heterocycles. The number of ketones is 1. The number of piperazine rings is 1. The molecule has 2 aliphatic rings. The molecule has 1 aromatic heterocycles. The summed E-state index contributed by atoms with van der Waals surface area (Å²) in [5, 5.41) is 8.88. The van der Waals surface area contributed by atoms with Crippen molar-refractivity contribution >= 4 is 33.7 Å². The number of hydrogen-bond donors (Lipinski definition) is 1. The number of nitrogens with zero attached hydrogens (tertiary/aromatic N) is 3. The molecule has 1 fully saturated rings. The molecule has 0 amide bonds. The first kappa shape index (κ1) is 22.5. The number of carbonyl (C=O) groups is 1. The normalized spacial score (nSPS) is 14.9. The zero-order chi connectivity index (χ0) is 24.8. The SMILES string of the molecule is COc1ccc(N2CCN(c3cc(NCC(C)C)c4c5c(onc35)-c3ccccc3C4=O)CC2)cc1. The predicted molar refractivity (Wildman–Crippen MR) is 144 cm³/mol. The predicted octanol–water partition coefficient (Wildman–Crippen LogP) is 5.44. The van der Waals surface area contributed by atoms with Crippen LogP contribution in [0.25, 0.3) is 22.2 Å². The molecule has 7 heteroatoms. The largest absolute Gasteiger partial charge is 0.497 e. The van der Waals surface area contributed by atoms with Gasteiger partial charge in [0.25, 0.3) is 0 Å². The van der Waals surface area contributed by atoms with Crippen molar-refractivity contribution in [2.24, 2.45) is 5.92 Å². The van der Waals surface area contributed by atoms with Gasteiger partial charge in [0.1, 0.15) is 11.3 Å². The molecule has 184 valence electrons. The van der Waals surface area contributed by atoms with Gasteiger partial charge in [0, 0.05) is 55.2 Å². The maximum Gasteiger partial charge on any atom is 0.196 e. The molecular formula is C29H30N4O3. The van der Waals surface area contributed by atoms with Crippen molar-refractivity contribution in [3.8, 4) is 17.1 Å². The molecule has 1 N–H and O–H groups in total. The molecule has 0 bridgehead atoms. The molecule has 1 aliphatic heterocycles. The number of fused-ring (bicyclic) bond motifs is 2. The highest BCUT2D eigenvalue weighted by Crippen LogP contribution is 2.46. The first-order valence-electron chi connectivity index (χ1n) is 12.5. The first-order chi connectivity index (χ1) is 17.5. The Balaban J connectivity index is 1.38. The summed E-state index contributed by atoms with van der Waals surface area (Å²) in [5.41, 5.74) is 5.96. The molecule has 0 spiro atoms. The lowest BCUT2D eigenvalue weighted by Crippen LogP contribution is -2.46. The molecule has 4 aromatic rings. The Morgan fingerprint density at radius 1 is 1.00 bits per heavy atom. The third-order valence-corrected chi connectivity index (χ3v) is 7.14. The van der Waals surface area contributed by atoms with E-state index in [0.717, 1.165) is 66.3 Å². The minimum absolute atomic E-state index is 0.0217. The van der Waals surface area contributed by atoms with Crippen LogP contribution in [0.1, 0.15) is 29.8 Å². The van der Waals surface area contributed by atoms with E-state index < -0.39 is 0 Å². The van der Waals surface area contributed by atoms with Crippen molar-refractivity contribution < 1.29 is 14.1 Å². The fourth-order valence-electron chi connectivity index (χ4n) is 5.24. The lowest BCUT2D eigenvalue weighted by atomic mass is 9.86. The van der Waals surface area contributed by atoms with Crippen LogP contribution < -0.4 is 19.9 Å². The van der Waals surface area contributed by atoms with E-state index in [1.165, 1.54) is 5.69 Å². The Kier molecular flexibility index (Phi) is 5.55. The zero-order valence-corrected chi connectivity index (χ0v) is 20.9. The molecule has 0 atom stereocenters. The molecule has 6 rings (SSSR count). The summed E-state index contributed by atoms with van der Waals surface area (Å²) in [4.78, 5) is 18.4. The van der Waals surface area contributed by atoms with Gasteiger partial charge in [-0.3, -0.25) is 4.79 Å². The summed E-state index contributed by atoms with van der Waals surface area (Å²) in [6.45, 7) is 8.57. The van der Waals surface area contributed by atoms with E-state index in [1.807, 2.05) is 36.4 Å². The van der Waals surface area contributed by atoms with Crippen LogP contribution in [0, 0.1) is 5.92 Å². The molecule has 1 aliphatic carbocycles. The van der Waals surface area contributed by atoms with E-state index in [9.17, 15) is 4.79 Å². The van der Waals surface area contributed by atoms with Gasteiger partial charge in [0.05, 0.1) is 23.7 Å². The summed E-state index contributed by atoms with van der Waals surface area (Å²) in [7, 11) is 1.69. The number of ether oxygens (including phenoxy) is 1. The van der Waals surface area contributed by atoms with Crippen molar-refractivity contribution in [2.75, 3.05) is 55.0 Å². The van der Waals surface area contributed by atoms with Gasteiger partial charge in [0.2, 0.25) is 0 Å². The van der Waals surface area contributed by atoms with E-state index in [2.05, 4.69) is 52.3 Å². The van der Waals surface area contributed by atoms with Gasteiger partial charge in [-0.1, -0.05) is 43.3 Å². The number of benzene rings is 3. The standard InChI is InChI=1S/C29H30N4O3/c1-18(2)17-30-23-16-24(33-14-12-32(13-15-33)19-8-10-20(35-3)11-9-19)27-26-25(23)28(34)21-6-4-5-7-22(21)29(26)36-31-27/h4-11,16,18,30H,12-15,17H2,1-3H3. The third kappa shape index (κ3) is 3.66. The molecule has 0 unspecified atom stereocenters. The van der Waals surface area contributed by atoms with Gasteiger partial charge >= 0.3 is 0 Å². The van der Waals surface area contributed by atoms with Gasteiger partial charge in [-0.25, -0.2) is 0 Å². The van der Waals surface area contributed by atoms with E-state index in [-0.39, 0.29) is 5.78 Å². The Labute approximate surface area is 210 Å². The number of carbonyl (C=O) groups excluding carboxylic acids is 1. The van der Waals surface area contributed by atoms with E-state index in [0.29, 0.717) is 22.8 Å². The van der Waals surface area contributed by atoms with E-state index in [1.54, 1.807) is 7.11 Å². The third-order valence-electron chi connectivity index (χ3n) is 7.14. The number of rotatable bonds is 6. The number of nitrogens with one attached hydrogen (secondary N) is 1. The van der Waals surface area contributed by atoms with Crippen LogP contribution in [-0.2, 0) is 0 Å². The average Bonchev–Trinajstić information content (AvgIpc) is 3.36. The topological polar surface area (TPSA) is 70.8 Å². The fraction of sp³-hybridized carbons (Fsp3) is 0.310. The van der Waals surface area contributed by atoms with Crippen LogP contribution in [0.5, 0.6) is 5.75 Å². The highest BCUT2D eigenvalue weighted by Gasteiger charge is 2.34. The van der Waals surface area contributed by atoms with Crippen LogP contribution in [0.3, 0.4) is 0 Å². The van der Waals surface area contributed by atoms with Gasteiger partial charge in [0.15, 0.2) is 11.5 Å². The van der Waals surface area contributed by atoms with E-state index in [4.69, 9.17) is 9.26 Å². The fourth-order valence-corrected chi connectivity index (χ4v) is 5.24. The Bertz CT molecular complexity index is 1430. The quantitative estimate of drug-likeness (QED) is 0.345. The van der Waals surface area contributed by atoms with Crippen molar-refractivity contribution in [1.82, 2.24) is 5.16 Å². The molecule has 1 saturated heterocycles. The van der Waals surface area contributed by atoms with Gasteiger partial charge in [-0.2, -0.15) is 0 Å². The lowest BCUT2D eigenvalue weighted by Gasteiger charge is -2.37. The first-order valence-corrected chi connectivity index (χ1v) is 12.5. The van der Waals surface area contributed by atoms with Gasteiger partial charge < -0.3 is 24.4 Å². The highest BCUT2D eigenvalue weighted by molar-refractivity contribution is 6.28. The summed E-state index contributed by atoms with van der Waals surface area (Å²) < 4.78 is 11.2. The molecule has 0 radical (unpaired) electrons. The second-order valence-electron chi connectivity index (χ2n) is 9.88. The second-order valence-corrected chi connectivity index (χ2v) is 9.88.